The monoisotopic (exact) mass is 413 g/mol. The van der Waals surface area contributed by atoms with Crippen molar-refractivity contribution in [2.75, 3.05) is 4.90 Å². The maximum atomic E-state index is 12.8. The Balaban J connectivity index is 1.86. The van der Waals surface area contributed by atoms with Gasteiger partial charge in [0, 0.05) is 0 Å². The third kappa shape index (κ3) is 4.43. The minimum absolute atomic E-state index is 0.0531. The van der Waals surface area contributed by atoms with E-state index >= 15 is 0 Å². The maximum Gasteiger partial charge on any atom is 0.344 e. The Kier molecular flexibility index (Phi) is 5.93. The first kappa shape index (κ1) is 20.5. The van der Waals surface area contributed by atoms with Crippen molar-refractivity contribution in [3.05, 3.63) is 58.5 Å². The number of benzene rings is 2. The second-order valence-corrected chi connectivity index (χ2v) is 7.41. The number of carboxylic acids is 1. The van der Waals surface area contributed by atoms with Crippen LogP contribution >= 0.6 is 11.8 Å². The average Bonchev–Trinajstić information content (AvgIpc) is 2.93. The minimum Gasteiger partial charge on any atom is -0.508 e. The van der Waals surface area contributed by atoms with Crippen LogP contribution in [0.1, 0.15) is 24.5 Å². The summed E-state index contributed by atoms with van der Waals surface area (Å²) < 4.78 is 5.47. The van der Waals surface area contributed by atoms with Gasteiger partial charge in [0.05, 0.1) is 10.6 Å². The number of aliphatic carboxylic acids is 1. The third-order valence-corrected chi connectivity index (χ3v) is 5.16. The van der Waals surface area contributed by atoms with Crippen molar-refractivity contribution in [3.8, 4) is 11.5 Å². The zero-order valence-corrected chi connectivity index (χ0v) is 16.6. The summed E-state index contributed by atoms with van der Waals surface area (Å²) in [6.45, 7) is 3.42. The lowest BCUT2D eigenvalue weighted by molar-refractivity contribution is -0.145. The van der Waals surface area contributed by atoms with Gasteiger partial charge in [-0.1, -0.05) is 19.1 Å². The molecule has 0 aromatic heterocycles. The molecule has 0 saturated carbocycles. The molecule has 2 aromatic carbocycles. The lowest BCUT2D eigenvalue weighted by atomic mass is 10.1. The summed E-state index contributed by atoms with van der Waals surface area (Å²) in [7, 11) is 0. The van der Waals surface area contributed by atoms with E-state index in [-0.39, 0.29) is 10.7 Å². The molecule has 1 unspecified atom stereocenters. The summed E-state index contributed by atoms with van der Waals surface area (Å²) in [4.78, 5) is 37.7. The van der Waals surface area contributed by atoms with Gasteiger partial charge in [-0.2, -0.15) is 0 Å². The van der Waals surface area contributed by atoms with E-state index in [0.29, 0.717) is 29.0 Å². The normalized spacial score (nSPS) is 16.3. The second kappa shape index (κ2) is 8.40. The molecule has 7 nitrogen and oxygen atoms in total. The van der Waals surface area contributed by atoms with E-state index in [1.807, 2.05) is 0 Å². The van der Waals surface area contributed by atoms with Gasteiger partial charge >= 0.3 is 5.97 Å². The van der Waals surface area contributed by atoms with E-state index in [1.165, 1.54) is 18.2 Å². The molecule has 1 aliphatic rings. The predicted octanol–water partition coefficient (Wildman–Crippen LogP) is 4.18. The van der Waals surface area contributed by atoms with Gasteiger partial charge < -0.3 is 14.9 Å². The molecule has 0 aliphatic carbocycles. The molecule has 1 aliphatic heterocycles. The molecule has 150 valence electrons. The number of imide groups is 1. The Bertz CT molecular complexity index is 1020. The largest absolute Gasteiger partial charge is 0.508 e. The molecule has 0 bridgehead atoms. The maximum absolute atomic E-state index is 12.8. The summed E-state index contributed by atoms with van der Waals surface area (Å²) in [5.41, 5.74) is 1.62. The molecule has 2 N–H and O–H groups in total. The number of rotatable bonds is 6. The highest BCUT2D eigenvalue weighted by Gasteiger charge is 2.37. The van der Waals surface area contributed by atoms with Crippen molar-refractivity contribution in [1.29, 1.82) is 0 Å². The number of hydrogen-bond donors (Lipinski definition) is 2. The number of carbonyl (C=O) groups is 3. The van der Waals surface area contributed by atoms with Gasteiger partial charge in [-0.3, -0.25) is 9.59 Å². The van der Waals surface area contributed by atoms with Crippen LogP contribution in [0.2, 0.25) is 0 Å². The lowest BCUT2D eigenvalue weighted by Crippen LogP contribution is -2.28. The van der Waals surface area contributed by atoms with Crippen LogP contribution in [0.5, 0.6) is 11.5 Å². The molecule has 2 amide bonds. The molecular formula is C21H19NO6S. The van der Waals surface area contributed by atoms with E-state index in [4.69, 9.17) is 9.84 Å². The van der Waals surface area contributed by atoms with Gasteiger partial charge in [0.15, 0.2) is 6.10 Å². The fourth-order valence-electron chi connectivity index (χ4n) is 2.87. The van der Waals surface area contributed by atoms with E-state index in [2.05, 4.69) is 0 Å². The summed E-state index contributed by atoms with van der Waals surface area (Å²) in [6, 6.07) is 11.1. The zero-order valence-electron chi connectivity index (χ0n) is 15.8. The van der Waals surface area contributed by atoms with Crippen molar-refractivity contribution >= 4 is 40.6 Å². The fraction of sp³-hybridized carbons (Fsp3) is 0.190. The number of amides is 2. The van der Waals surface area contributed by atoms with E-state index in [9.17, 15) is 19.5 Å². The Morgan fingerprint density at radius 2 is 2.00 bits per heavy atom. The number of hydrogen-bond acceptors (Lipinski definition) is 6. The van der Waals surface area contributed by atoms with Gasteiger partial charge in [0.1, 0.15) is 11.5 Å². The molecule has 29 heavy (non-hydrogen) atoms. The number of phenols is 1. The first-order valence-electron chi connectivity index (χ1n) is 8.87. The Morgan fingerprint density at radius 1 is 1.24 bits per heavy atom. The summed E-state index contributed by atoms with van der Waals surface area (Å²) in [5, 5.41) is 18.2. The molecule has 0 radical (unpaired) electrons. The van der Waals surface area contributed by atoms with Gasteiger partial charge in [-0.15, -0.1) is 0 Å². The van der Waals surface area contributed by atoms with Gasteiger partial charge in [0.2, 0.25) is 0 Å². The minimum atomic E-state index is -1.05. The quantitative estimate of drug-likeness (QED) is 0.685. The van der Waals surface area contributed by atoms with Crippen molar-refractivity contribution in [2.24, 2.45) is 0 Å². The second-order valence-electron chi connectivity index (χ2n) is 6.41. The number of aryl methyl sites for hydroxylation is 1. The standard InChI is InChI=1S/C21H19NO6S/c1-3-17(20(25)26)28-15-6-4-5-13(10-15)11-18-19(24)22(21(27)29-18)16-8-7-14(23)9-12(16)2/h4-11,17,23H,3H2,1-2H3,(H,25,26)/b18-11+. The third-order valence-electron chi connectivity index (χ3n) is 4.30. The highest BCUT2D eigenvalue weighted by atomic mass is 32.2. The van der Waals surface area contributed by atoms with Crippen molar-refractivity contribution in [3.63, 3.8) is 0 Å². The molecule has 0 spiro atoms. The number of phenolic OH excluding ortho intramolecular Hbond substituents is 1. The van der Waals surface area contributed by atoms with Crippen molar-refractivity contribution < 1.29 is 29.3 Å². The number of carboxylic acid groups (broad SMARTS) is 1. The van der Waals surface area contributed by atoms with E-state index in [1.54, 1.807) is 44.2 Å². The number of thioether (sulfide) groups is 1. The van der Waals surface area contributed by atoms with Gasteiger partial charge in [-0.25, -0.2) is 9.69 Å². The molecule has 8 heteroatoms. The SMILES string of the molecule is CCC(Oc1cccc(/C=C2/SC(=O)N(c3ccc(O)cc3C)C2=O)c1)C(=O)O. The van der Waals surface area contributed by atoms with Crippen LogP contribution in [0.4, 0.5) is 10.5 Å². The predicted molar refractivity (Wildman–Crippen MR) is 110 cm³/mol. The van der Waals surface area contributed by atoms with Gasteiger partial charge in [-0.05, 0) is 72.6 Å². The van der Waals surface area contributed by atoms with Crippen molar-refractivity contribution in [1.82, 2.24) is 0 Å². The van der Waals surface area contributed by atoms with E-state index < -0.39 is 23.2 Å². The van der Waals surface area contributed by atoms with E-state index in [0.717, 1.165) is 16.7 Å². The summed E-state index contributed by atoms with van der Waals surface area (Å²) in [5.74, 6) is -1.10. The number of anilines is 1. The number of nitrogens with zero attached hydrogens (tertiary/aromatic N) is 1. The first-order chi connectivity index (χ1) is 13.8. The number of carbonyl (C=O) groups excluding carboxylic acids is 2. The molecule has 1 heterocycles. The Morgan fingerprint density at radius 3 is 2.66 bits per heavy atom. The van der Waals surface area contributed by atoms with Crippen LogP contribution in [-0.2, 0) is 9.59 Å². The number of ether oxygens (including phenoxy) is 1. The van der Waals surface area contributed by atoms with Crippen LogP contribution < -0.4 is 9.64 Å². The lowest BCUT2D eigenvalue weighted by Gasteiger charge is -2.15. The van der Waals surface area contributed by atoms with Crippen molar-refractivity contribution in [2.45, 2.75) is 26.4 Å². The van der Waals surface area contributed by atoms with Gasteiger partial charge in [0.25, 0.3) is 11.1 Å². The smallest absolute Gasteiger partial charge is 0.344 e. The molecule has 1 saturated heterocycles. The molecule has 2 aromatic rings. The van der Waals surface area contributed by atoms with Crippen LogP contribution in [0, 0.1) is 6.92 Å². The molecule has 1 fully saturated rings. The number of aromatic hydroxyl groups is 1. The van der Waals surface area contributed by atoms with Crippen LogP contribution in [0.15, 0.2) is 47.4 Å². The summed E-state index contributed by atoms with van der Waals surface area (Å²) in [6.07, 6.45) is 0.912. The van der Waals surface area contributed by atoms with Crippen LogP contribution in [0.3, 0.4) is 0 Å². The summed E-state index contributed by atoms with van der Waals surface area (Å²) >= 11 is 0.815. The average molecular weight is 413 g/mol. The molecule has 1 atom stereocenters. The first-order valence-corrected chi connectivity index (χ1v) is 9.69. The highest BCUT2D eigenvalue weighted by Crippen LogP contribution is 2.38. The Labute approximate surface area is 171 Å². The molecular weight excluding hydrogens is 394 g/mol. The fourth-order valence-corrected chi connectivity index (χ4v) is 3.70. The topological polar surface area (TPSA) is 104 Å². The van der Waals surface area contributed by atoms with Crippen LogP contribution in [0.25, 0.3) is 6.08 Å². The van der Waals surface area contributed by atoms with Crippen LogP contribution in [-0.4, -0.2) is 33.4 Å². The highest BCUT2D eigenvalue weighted by molar-refractivity contribution is 8.19. The molecule has 3 rings (SSSR count). The Hall–Kier alpha value is -3.26. The zero-order chi connectivity index (χ0) is 21.1.